The Bertz CT molecular complexity index is 481. The number of rotatable bonds is 2. The van der Waals surface area contributed by atoms with E-state index in [-0.39, 0.29) is 0 Å². The molecule has 0 radical (unpaired) electrons. The van der Waals surface area contributed by atoms with E-state index >= 15 is 0 Å². The second-order valence-corrected chi connectivity index (χ2v) is 4.88. The van der Waals surface area contributed by atoms with Crippen molar-refractivity contribution in [2.75, 3.05) is 5.43 Å². The Morgan fingerprint density at radius 2 is 2.27 bits per heavy atom. The Labute approximate surface area is 100 Å². The minimum absolute atomic E-state index is 0.721. The maximum absolute atomic E-state index is 5.30. The number of halogens is 1. The summed E-state index contributed by atoms with van der Waals surface area (Å²) in [4.78, 5) is 4.35. The van der Waals surface area contributed by atoms with Gasteiger partial charge in [0.05, 0.1) is 5.69 Å². The molecule has 0 bridgehead atoms. The standard InChI is InChI=1S/C10H10BrN3S/c1-6-2-3-8(11)7(4-6)9-5-15-10(13-9)14-12/h2-5H,12H2,1H3,(H,13,14). The van der Waals surface area contributed by atoms with Crippen LogP contribution in [0, 0.1) is 6.92 Å². The number of nitrogens with two attached hydrogens (primary N) is 1. The van der Waals surface area contributed by atoms with E-state index in [1.807, 2.05) is 11.4 Å². The SMILES string of the molecule is Cc1ccc(Br)c(-c2csc(NN)n2)c1. The first-order chi connectivity index (χ1) is 7.20. The molecule has 3 N–H and O–H groups in total. The second-order valence-electron chi connectivity index (χ2n) is 3.17. The van der Waals surface area contributed by atoms with Crippen LogP contribution in [0.25, 0.3) is 11.3 Å². The van der Waals surface area contributed by atoms with Crippen molar-refractivity contribution in [3.63, 3.8) is 0 Å². The number of nitrogens with one attached hydrogen (secondary N) is 1. The van der Waals surface area contributed by atoms with Gasteiger partial charge in [0.2, 0.25) is 0 Å². The molecule has 1 aromatic carbocycles. The first-order valence-corrected chi connectivity index (χ1v) is 6.06. The zero-order valence-electron chi connectivity index (χ0n) is 8.12. The van der Waals surface area contributed by atoms with Crippen LogP contribution in [0.4, 0.5) is 5.13 Å². The molecule has 2 aromatic rings. The number of hydrogen-bond acceptors (Lipinski definition) is 4. The van der Waals surface area contributed by atoms with E-state index in [2.05, 4.69) is 45.4 Å². The summed E-state index contributed by atoms with van der Waals surface area (Å²) in [6, 6.07) is 6.18. The molecule has 0 atom stereocenters. The predicted molar refractivity (Wildman–Crippen MR) is 67.8 cm³/mol. The van der Waals surface area contributed by atoms with Crippen molar-refractivity contribution in [3.05, 3.63) is 33.6 Å². The molecule has 0 aliphatic rings. The summed E-state index contributed by atoms with van der Waals surface area (Å²) in [6.07, 6.45) is 0. The molecular formula is C10H10BrN3S. The molecule has 0 amide bonds. The highest BCUT2D eigenvalue weighted by atomic mass is 79.9. The van der Waals surface area contributed by atoms with Crippen LogP contribution in [0.5, 0.6) is 0 Å². The number of benzene rings is 1. The Kier molecular flexibility index (Phi) is 3.04. The lowest BCUT2D eigenvalue weighted by atomic mass is 10.1. The normalized spacial score (nSPS) is 10.3. The fourth-order valence-electron chi connectivity index (χ4n) is 1.30. The van der Waals surface area contributed by atoms with E-state index in [9.17, 15) is 0 Å². The fourth-order valence-corrected chi connectivity index (χ4v) is 2.37. The number of hydrazine groups is 1. The molecule has 5 heteroatoms. The van der Waals surface area contributed by atoms with Gasteiger partial charge >= 0.3 is 0 Å². The van der Waals surface area contributed by atoms with Gasteiger partial charge in [-0.1, -0.05) is 27.6 Å². The van der Waals surface area contributed by atoms with Gasteiger partial charge in [-0.25, -0.2) is 10.8 Å². The largest absolute Gasteiger partial charge is 0.300 e. The second kappa shape index (κ2) is 4.30. The van der Waals surface area contributed by atoms with E-state index in [1.165, 1.54) is 16.9 Å². The lowest BCUT2D eigenvalue weighted by Gasteiger charge is -2.02. The molecule has 0 saturated carbocycles. The first kappa shape index (κ1) is 10.6. The predicted octanol–water partition coefficient (Wildman–Crippen LogP) is 3.17. The number of nitrogens with zero attached hydrogens (tertiary/aromatic N) is 1. The molecule has 0 unspecified atom stereocenters. The van der Waals surface area contributed by atoms with Gasteiger partial charge in [0.15, 0.2) is 5.13 Å². The molecule has 78 valence electrons. The molecule has 3 nitrogen and oxygen atoms in total. The van der Waals surface area contributed by atoms with E-state index in [0.717, 1.165) is 20.9 Å². The smallest absolute Gasteiger partial charge is 0.197 e. The number of anilines is 1. The van der Waals surface area contributed by atoms with Crippen molar-refractivity contribution < 1.29 is 0 Å². The Balaban J connectivity index is 2.48. The van der Waals surface area contributed by atoms with Gasteiger partial charge in [-0.15, -0.1) is 11.3 Å². The van der Waals surface area contributed by atoms with Gasteiger partial charge in [-0.05, 0) is 19.1 Å². The van der Waals surface area contributed by atoms with Crippen LogP contribution in [-0.4, -0.2) is 4.98 Å². The molecule has 0 aliphatic heterocycles. The summed E-state index contributed by atoms with van der Waals surface area (Å²) < 4.78 is 1.04. The third kappa shape index (κ3) is 2.19. The molecule has 0 aliphatic carbocycles. The number of aryl methyl sites for hydroxylation is 1. The van der Waals surface area contributed by atoms with Crippen LogP contribution >= 0.6 is 27.3 Å². The summed E-state index contributed by atoms with van der Waals surface area (Å²) in [6.45, 7) is 2.06. The minimum atomic E-state index is 0.721. The van der Waals surface area contributed by atoms with Crippen molar-refractivity contribution in [1.29, 1.82) is 0 Å². The summed E-state index contributed by atoms with van der Waals surface area (Å²) >= 11 is 5.00. The zero-order chi connectivity index (χ0) is 10.8. The van der Waals surface area contributed by atoms with E-state index in [1.54, 1.807) is 0 Å². The van der Waals surface area contributed by atoms with Gasteiger partial charge in [0, 0.05) is 15.4 Å². The first-order valence-electron chi connectivity index (χ1n) is 4.39. The van der Waals surface area contributed by atoms with Crippen LogP contribution in [0.3, 0.4) is 0 Å². The Morgan fingerprint density at radius 1 is 1.47 bits per heavy atom. The minimum Gasteiger partial charge on any atom is -0.300 e. The highest BCUT2D eigenvalue weighted by molar-refractivity contribution is 9.10. The molecule has 1 aromatic heterocycles. The van der Waals surface area contributed by atoms with Crippen LogP contribution in [-0.2, 0) is 0 Å². The quantitative estimate of drug-likeness (QED) is 0.658. The Morgan fingerprint density at radius 3 is 2.93 bits per heavy atom. The van der Waals surface area contributed by atoms with Crippen LogP contribution < -0.4 is 11.3 Å². The highest BCUT2D eigenvalue weighted by Gasteiger charge is 2.07. The Hall–Kier alpha value is -0.910. The lowest BCUT2D eigenvalue weighted by Crippen LogP contribution is -2.05. The average molecular weight is 284 g/mol. The summed E-state index contributed by atoms with van der Waals surface area (Å²) in [5.41, 5.74) is 5.78. The van der Waals surface area contributed by atoms with Gasteiger partial charge in [0.25, 0.3) is 0 Å². The van der Waals surface area contributed by atoms with Crippen molar-refractivity contribution >= 4 is 32.4 Å². The molecule has 0 spiro atoms. The summed E-state index contributed by atoms with van der Waals surface area (Å²) in [5, 5.41) is 2.70. The van der Waals surface area contributed by atoms with Crippen LogP contribution in [0.15, 0.2) is 28.1 Å². The van der Waals surface area contributed by atoms with Crippen molar-refractivity contribution in [1.82, 2.24) is 4.98 Å². The average Bonchev–Trinajstić information content (AvgIpc) is 2.70. The zero-order valence-corrected chi connectivity index (χ0v) is 10.5. The highest BCUT2D eigenvalue weighted by Crippen LogP contribution is 2.31. The van der Waals surface area contributed by atoms with Gasteiger partial charge in [-0.2, -0.15) is 0 Å². The van der Waals surface area contributed by atoms with Gasteiger partial charge in [-0.3, -0.25) is 5.43 Å². The van der Waals surface area contributed by atoms with Crippen LogP contribution in [0.1, 0.15) is 5.56 Å². The summed E-state index contributed by atoms with van der Waals surface area (Å²) in [7, 11) is 0. The van der Waals surface area contributed by atoms with E-state index < -0.39 is 0 Å². The number of thiazole rings is 1. The van der Waals surface area contributed by atoms with Crippen molar-refractivity contribution in [2.45, 2.75) is 6.92 Å². The maximum Gasteiger partial charge on any atom is 0.197 e. The fraction of sp³-hybridized carbons (Fsp3) is 0.100. The van der Waals surface area contributed by atoms with Crippen LogP contribution in [0.2, 0.25) is 0 Å². The van der Waals surface area contributed by atoms with E-state index in [4.69, 9.17) is 5.84 Å². The molecule has 1 heterocycles. The topological polar surface area (TPSA) is 50.9 Å². The third-order valence-electron chi connectivity index (χ3n) is 2.03. The monoisotopic (exact) mass is 283 g/mol. The van der Waals surface area contributed by atoms with Gasteiger partial charge < -0.3 is 0 Å². The molecule has 0 fully saturated rings. The summed E-state index contributed by atoms with van der Waals surface area (Å²) in [5.74, 6) is 5.30. The van der Waals surface area contributed by atoms with Crippen molar-refractivity contribution in [3.8, 4) is 11.3 Å². The molecule has 2 rings (SSSR count). The van der Waals surface area contributed by atoms with Gasteiger partial charge in [0.1, 0.15) is 0 Å². The molecule has 0 saturated heterocycles. The number of hydrogen-bond donors (Lipinski definition) is 2. The molecular weight excluding hydrogens is 274 g/mol. The van der Waals surface area contributed by atoms with Crippen molar-refractivity contribution in [2.24, 2.45) is 5.84 Å². The number of nitrogen functional groups attached to an aromatic ring is 1. The third-order valence-corrected chi connectivity index (χ3v) is 3.49. The molecule has 15 heavy (non-hydrogen) atoms. The number of aromatic nitrogens is 1. The van der Waals surface area contributed by atoms with E-state index in [0.29, 0.717) is 0 Å². The maximum atomic E-state index is 5.30. The lowest BCUT2D eigenvalue weighted by molar-refractivity contribution is 1.28.